The van der Waals surface area contributed by atoms with Gasteiger partial charge in [0.1, 0.15) is 0 Å². The monoisotopic (exact) mass is 202 g/mol. The number of rotatable bonds is 2. The first kappa shape index (κ1) is 9.45. The first-order valence-electron chi connectivity index (χ1n) is 4.56. The summed E-state index contributed by atoms with van der Waals surface area (Å²) in [6.45, 7) is 0.236. The Morgan fingerprint density at radius 3 is 2.80 bits per heavy atom. The minimum Gasteiger partial charge on any atom is -0.465 e. The molecule has 0 aliphatic carbocycles. The van der Waals surface area contributed by atoms with E-state index in [0.29, 0.717) is 0 Å². The third-order valence-electron chi connectivity index (χ3n) is 2.11. The predicted molar refractivity (Wildman–Crippen MR) is 56.6 cm³/mol. The van der Waals surface area contributed by atoms with E-state index in [1.807, 2.05) is 30.3 Å². The third-order valence-corrected chi connectivity index (χ3v) is 2.11. The van der Waals surface area contributed by atoms with Crippen LogP contribution < -0.4 is 5.32 Å². The summed E-state index contributed by atoms with van der Waals surface area (Å²) in [7, 11) is 0. The zero-order valence-electron chi connectivity index (χ0n) is 7.97. The van der Waals surface area contributed by atoms with Crippen LogP contribution in [0.3, 0.4) is 0 Å². The molecule has 1 aromatic heterocycles. The van der Waals surface area contributed by atoms with Gasteiger partial charge in [-0.1, -0.05) is 24.3 Å². The van der Waals surface area contributed by atoms with Crippen molar-refractivity contribution in [1.29, 1.82) is 0 Å². The summed E-state index contributed by atoms with van der Waals surface area (Å²) in [6, 6.07) is 9.71. The van der Waals surface area contributed by atoms with E-state index in [1.165, 1.54) is 0 Å². The average molecular weight is 202 g/mol. The summed E-state index contributed by atoms with van der Waals surface area (Å²) in [5.74, 6) is 0. The summed E-state index contributed by atoms with van der Waals surface area (Å²) in [4.78, 5) is 14.5. The number of fused-ring (bicyclic) bond motifs is 1. The number of benzene rings is 1. The molecule has 0 saturated carbocycles. The van der Waals surface area contributed by atoms with Gasteiger partial charge in [-0.15, -0.1) is 0 Å². The van der Waals surface area contributed by atoms with Crippen LogP contribution in [0.15, 0.2) is 36.5 Å². The average Bonchev–Trinajstić information content (AvgIpc) is 2.26. The third kappa shape index (κ3) is 2.22. The molecule has 1 amide bonds. The van der Waals surface area contributed by atoms with Crippen molar-refractivity contribution in [1.82, 2.24) is 10.3 Å². The van der Waals surface area contributed by atoms with E-state index in [2.05, 4.69) is 10.3 Å². The topological polar surface area (TPSA) is 62.2 Å². The van der Waals surface area contributed by atoms with Gasteiger partial charge in [-0.2, -0.15) is 0 Å². The van der Waals surface area contributed by atoms with Crippen molar-refractivity contribution >= 4 is 16.9 Å². The smallest absolute Gasteiger partial charge is 0.404 e. The van der Waals surface area contributed by atoms with Gasteiger partial charge in [0.05, 0.1) is 12.2 Å². The van der Waals surface area contributed by atoms with Crippen molar-refractivity contribution in [2.75, 3.05) is 0 Å². The zero-order chi connectivity index (χ0) is 10.7. The number of aromatic nitrogens is 1. The Bertz CT molecular complexity index is 497. The van der Waals surface area contributed by atoms with Crippen LogP contribution in [0.25, 0.3) is 10.8 Å². The molecule has 0 saturated heterocycles. The number of hydrogen-bond acceptors (Lipinski definition) is 2. The van der Waals surface area contributed by atoms with Crippen molar-refractivity contribution in [3.63, 3.8) is 0 Å². The molecule has 0 aliphatic rings. The molecule has 0 bridgehead atoms. The molecular formula is C11H10N2O2. The van der Waals surface area contributed by atoms with E-state index in [4.69, 9.17) is 5.11 Å². The largest absolute Gasteiger partial charge is 0.465 e. The van der Waals surface area contributed by atoms with Gasteiger partial charge in [-0.25, -0.2) is 4.79 Å². The molecule has 1 aromatic carbocycles. The predicted octanol–water partition coefficient (Wildman–Crippen LogP) is 2.00. The molecule has 4 nitrogen and oxygen atoms in total. The Hall–Kier alpha value is -2.10. The molecule has 0 aliphatic heterocycles. The number of carbonyl (C=O) groups is 1. The van der Waals surface area contributed by atoms with E-state index in [1.54, 1.807) is 6.20 Å². The lowest BCUT2D eigenvalue weighted by molar-refractivity contribution is 0.194. The van der Waals surface area contributed by atoms with Gasteiger partial charge in [-0.05, 0) is 11.5 Å². The normalized spacial score (nSPS) is 10.1. The maximum atomic E-state index is 10.3. The van der Waals surface area contributed by atoms with Crippen molar-refractivity contribution in [2.24, 2.45) is 0 Å². The van der Waals surface area contributed by atoms with Crippen LogP contribution in [0, 0.1) is 0 Å². The SMILES string of the molecule is O=C(O)NCc1cc2ccccc2cn1. The first-order valence-corrected chi connectivity index (χ1v) is 4.56. The lowest BCUT2D eigenvalue weighted by Crippen LogP contribution is -2.20. The van der Waals surface area contributed by atoms with Gasteiger partial charge in [0.2, 0.25) is 0 Å². The van der Waals surface area contributed by atoms with Gasteiger partial charge in [-0.3, -0.25) is 4.98 Å². The van der Waals surface area contributed by atoms with E-state index >= 15 is 0 Å². The highest BCUT2D eigenvalue weighted by Crippen LogP contribution is 2.12. The summed E-state index contributed by atoms with van der Waals surface area (Å²) >= 11 is 0. The van der Waals surface area contributed by atoms with Crippen LogP contribution in [0.1, 0.15) is 5.69 Å². The van der Waals surface area contributed by atoms with E-state index < -0.39 is 6.09 Å². The Morgan fingerprint density at radius 1 is 1.33 bits per heavy atom. The quantitative estimate of drug-likeness (QED) is 0.782. The second kappa shape index (κ2) is 3.96. The van der Waals surface area contributed by atoms with Crippen molar-refractivity contribution in [3.8, 4) is 0 Å². The summed E-state index contributed by atoms with van der Waals surface area (Å²) in [5, 5.41) is 12.8. The Labute approximate surface area is 86.6 Å². The first-order chi connectivity index (χ1) is 7.25. The minimum atomic E-state index is -1.04. The van der Waals surface area contributed by atoms with Crippen LogP contribution in [0.2, 0.25) is 0 Å². The molecule has 1 heterocycles. The molecule has 2 aromatic rings. The van der Waals surface area contributed by atoms with Gasteiger partial charge in [0, 0.05) is 11.6 Å². The van der Waals surface area contributed by atoms with E-state index in [9.17, 15) is 4.79 Å². The second-order valence-corrected chi connectivity index (χ2v) is 3.18. The Kier molecular flexibility index (Phi) is 2.49. The highest BCUT2D eigenvalue weighted by atomic mass is 16.4. The molecule has 0 radical (unpaired) electrons. The van der Waals surface area contributed by atoms with Gasteiger partial charge >= 0.3 is 6.09 Å². The second-order valence-electron chi connectivity index (χ2n) is 3.18. The lowest BCUT2D eigenvalue weighted by Gasteiger charge is -2.02. The number of nitrogens with zero attached hydrogens (tertiary/aromatic N) is 1. The lowest BCUT2D eigenvalue weighted by atomic mass is 10.1. The maximum Gasteiger partial charge on any atom is 0.404 e. The van der Waals surface area contributed by atoms with Crippen LogP contribution >= 0.6 is 0 Å². The van der Waals surface area contributed by atoms with Gasteiger partial charge in [0.25, 0.3) is 0 Å². The van der Waals surface area contributed by atoms with Crippen LogP contribution in [0.5, 0.6) is 0 Å². The molecule has 0 spiro atoms. The summed E-state index contributed by atoms with van der Waals surface area (Å²) in [5.41, 5.74) is 0.719. The highest BCUT2D eigenvalue weighted by molar-refractivity contribution is 5.81. The summed E-state index contributed by atoms with van der Waals surface area (Å²) in [6.07, 6.45) is 0.707. The Balaban J connectivity index is 2.26. The van der Waals surface area contributed by atoms with Crippen LogP contribution in [0.4, 0.5) is 4.79 Å². The highest BCUT2D eigenvalue weighted by Gasteiger charge is 1.99. The van der Waals surface area contributed by atoms with Crippen molar-refractivity contribution in [3.05, 3.63) is 42.2 Å². The van der Waals surface area contributed by atoms with Crippen LogP contribution in [-0.2, 0) is 6.54 Å². The number of amides is 1. The molecule has 0 unspecified atom stereocenters. The fraction of sp³-hybridized carbons (Fsp3) is 0.0909. The van der Waals surface area contributed by atoms with Crippen molar-refractivity contribution in [2.45, 2.75) is 6.54 Å². The molecule has 2 N–H and O–H groups in total. The fourth-order valence-corrected chi connectivity index (χ4v) is 1.39. The van der Waals surface area contributed by atoms with Crippen molar-refractivity contribution < 1.29 is 9.90 Å². The number of nitrogens with one attached hydrogen (secondary N) is 1. The zero-order valence-corrected chi connectivity index (χ0v) is 7.97. The summed E-state index contributed by atoms with van der Waals surface area (Å²) < 4.78 is 0. The molecule has 15 heavy (non-hydrogen) atoms. The van der Waals surface area contributed by atoms with Gasteiger partial charge < -0.3 is 10.4 Å². The van der Waals surface area contributed by atoms with E-state index in [-0.39, 0.29) is 6.54 Å². The fourth-order valence-electron chi connectivity index (χ4n) is 1.39. The minimum absolute atomic E-state index is 0.236. The van der Waals surface area contributed by atoms with Crippen LogP contribution in [-0.4, -0.2) is 16.2 Å². The van der Waals surface area contributed by atoms with Gasteiger partial charge in [0.15, 0.2) is 0 Å². The number of carboxylic acid groups (broad SMARTS) is 1. The maximum absolute atomic E-state index is 10.3. The number of hydrogen-bond donors (Lipinski definition) is 2. The van der Waals surface area contributed by atoms with E-state index in [0.717, 1.165) is 16.5 Å². The molecule has 2 rings (SSSR count). The molecule has 4 heteroatoms. The molecule has 0 fully saturated rings. The molecule has 76 valence electrons. The molecular weight excluding hydrogens is 192 g/mol. The standard InChI is InChI=1S/C11H10N2O2/c14-11(15)13-7-10-5-8-3-1-2-4-9(8)6-12-10/h1-6,13H,7H2,(H,14,15). The Morgan fingerprint density at radius 2 is 2.07 bits per heavy atom. The molecule has 0 atom stereocenters. The number of pyridine rings is 1.